The number of sulfonamides is 1. The van der Waals surface area contributed by atoms with Crippen LogP contribution in [0.3, 0.4) is 0 Å². The van der Waals surface area contributed by atoms with Crippen LogP contribution in [-0.4, -0.2) is 33.2 Å². The first-order valence-electron chi connectivity index (χ1n) is 9.46. The lowest BCUT2D eigenvalue weighted by molar-refractivity contribution is -0.122. The van der Waals surface area contributed by atoms with Gasteiger partial charge in [0, 0.05) is 6.54 Å². The number of unbranched alkanes of at least 4 members (excludes halogenated alkanes) is 1. The van der Waals surface area contributed by atoms with E-state index in [9.17, 15) is 13.2 Å². The molecule has 0 aliphatic rings. The van der Waals surface area contributed by atoms with E-state index in [1.54, 1.807) is 6.92 Å². The van der Waals surface area contributed by atoms with Crippen molar-refractivity contribution in [1.29, 1.82) is 0 Å². The Morgan fingerprint density at radius 2 is 1.88 bits per heavy atom. The zero-order chi connectivity index (χ0) is 19.9. The van der Waals surface area contributed by atoms with E-state index in [-0.39, 0.29) is 5.91 Å². The number of anilines is 1. The lowest BCUT2D eigenvalue weighted by atomic mass is 9.99. The first kappa shape index (κ1) is 22.5. The minimum absolute atomic E-state index is 0.258. The number of rotatable bonds is 10. The van der Waals surface area contributed by atoms with Gasteiger partial charge in [-0.2, -0.15) is 0 Å². The predicted molar refractivity (Wildman–Crippen MR) is 109 cm³/mol. The van der Waals surface area contributed by atoms with Crippen molar-refractivity contribution >= 4 is 21.6 Å². The molecule has 1 rings (SSSR count). The highest BCUT2D eigenvalue weighted by molar-refractivity contribution is 7.92. The maximum atomic E-state index is 12.7. The summed E-state index contributed by atoms with van der Waals surface area (Å²) in [5.74, 6) is 0.171. The molecule has 6 heteroatoms. The minimum Gasteiger partial charge on any atom is -0.354 e. The van der Waals surface area contributed by atoms with Crippen molar-refractivity contribution < 1.29 is 13.2 Å². The Morgan fingerprint density at radius 3 is 2.42 bits per heavy atom. The average Bonchev–Trinajstić information content (AvgIpc) is 2.56. The van der Waals surface area contributed by atoms with Crippen molar-refractivity contribution in [3.8, 4) is 0 Å². The molecule has 148 valence electrons. The summed E-state index contributed by atoms with van der Waals surface area (Å²) in [6, 6.07) is 4.83. The van der Waals surface area contributed by atoms with Gasteiger partial charge in [0.2, 0.25) is 15.9 Å². The topological polar surface area (TPSA) is 66.5 Å². The van der Waals surface area contributed by atoms with Crippen LogP contribution in [0.5, 0.6) is 0 Å². The Bertz CT molecular complexity index is 701. The molecular formula is C20H34N2O3S. The summed E-state index contributed by atoms with van der Waals surface area (Å²) in [6.07, 6.45) is 5.50. The molecule has 0 spiro atoms. The predicted octanol–water partition coefficient (Wildman–Crippen LogP) is 3.79. The number of hydrogen-bond acceptors (Lipinski definition) is 3. The molecule has 0 bridgehead atoms. The molecule has 0 fully saturated rings. The van der Waals surface area contributed by atoms with Crippen molar-refractivity contribution in [2.24, 2.45) is 5.92 Å². The summed E-state index contributed by atoms with van der Waals surface area (Å²) < 4.78 is 26.1. The van der Waals surface area contributed by atoms with E-state index >= 15 is 0 Å². The fourth-order valence-electron chi connectivity index (χ4n) is 3.07. The van der Waals surface area contributed by atoms with Crippen LogP contribution in [0.4, 0.5) is 5.69 Å². The number of aryl methyl sites for hydroxylation is 2. The fourth-order valence-corrected chi connectivity index (χ4v) is 4.30. The van der Waals surface area contributed by atoms with Gasteiger partial charge in [0.15, 0.2) is 0 Å². The van der Waals surface area contributed by atoms with Gasteiger partial charge in [0.25, 0.3) is 0 Å². The summed E-state index contributed by atoms with van der Waals surface area (Å²) in [6.45, 7) is 10.3. The molecular weight excluding hydrogens is 348 g/mol. The Morgan fingerprint density at radius 1 is 1.23 bits per heavy atom. The van der Waals surface area contributed by atoms with Gasteiger partial charge in [-0.15, -0.1) is 0 Å². The van der Waals surface area contributed by atoms with Crippen LogP contribution in [0.2, 0.25) is 0 Å². The van der Waals surface area contributed by atoms with Gasteiger partial charge in [-0.3, -0.25) is 9.10 Å². The van der Waals surface area contributed by atoms with Crippen LogP contribution < -0.4 is 9.62 Å². The number of hydrogen-bond donors (Lipinski definition) is 1. The van der Waals surface area contributed by atoms with Crippen molar-refractivity contribution in [2.75, 3.05) is 17.1 Å². The molecule has 0 saturated carbocycles. The fraction of sp³-hybridized carbons (Fsp3) is 0.650. The van der Waals surface area contributed by atoms with Crippen molar-refractivity contribution in [3.05, 3.63) is 29.3 Å². The summed E-state index contributed by atoms with van der Waals surface area (Å²) in [5, 5.41) is 2.95. The summed E-state index contributed by atoms with van der Waals surface area (Å²) in [5.41, 5.74) is 2.35. The monoisotopic (exact) mass is 382 g/mol. The smallest absolute Gasteiger partial charge is 0.243 e. The SMILES string of the molecule is CCCC[C@H](CC)CNC(=O)[C@H](C)N(c1cc(C)ccc1C)S(C)(=O)=O. The Kier molecular flexibility index (Phi) is 8.60. The van der Waals surface area contributed by atoms with Crippen LogP contribution in [0.15, 0.2) is 18.2 Å². The van der Waals surface area contributed by atoms with E-state index in [0.29, 0.717) is 18.2 Å². The molecule has 0 aliphatic carbocycles. The number of nitrogens with one attached hydrogen (secondary N) is 1. The summed E-state index contributed by atoms with van der Waals surface area (Å²) >= 11 is 0. The highest BCUT2D eigenvalue weighted by Gasteiger charge is 2.30. The number of amides is 1. The molecule has 0 radical (unpaired) electrons. The third kappa shape index (κ3) is 6.31. The molecule has 2 atom stereocenters. The van der Waals surface area contributed by atoms with Crippen LogP contribution >= 0.6 is 0 Å². The van der Waals surface area contributed by atoms with Gasteiger partial charge in [-0.1, -0.05) is 45.2 Å². The summed E-state index contributed by atoms with van der Waals surface area (Å²) in [7, 11) is -3.59. The van der Waals surface area contributed by atoms with Gasteiger partial charge in [0.1, 0.15) is 6.04 Å². The maximum Gasteiger partial charge on any atom is 0.243 e. The molecule has 0 aromatic heterocycles. The molecule has 0 aliphatic heterocycles. The lowest BCUT2D eigenvalue weighted by Crippen LogP contribution is -2.49. The van der Waals surface area contributed by atoms with Gasteiger partial charge in [-0.05, 0) is 50.3 Å². The zero-order valence-corrected chi connectivity index (χ0v) is 17.8. The number of benzene rings is 1. The number of carbonyl (C=O) groups is 1. The Balaban J connectivity index is 2.98. The van der Waals surface area contributed by atoms with Gasteiger partial charge in [-0.25, -0.2) is 8.42 Å². The molecule has 5 nitrogen and oxygen atoms in total. The molecule has 1 N–H and O–H groups in total. The second kappa shape index (κ2) is 9.95. The molecule has 0 unspecified atom stereocenters. The third-order valence-corrected chi connectivity index (χ3v) is 6.03. The first-order valence-corrected chi connectivity index (χ1v) is 11.3. The normalized spacial score (nSPS) is 13.9. The van der Waals surface area contributed by atoms with E-state index < -0.39 is 16.1 Å². The van der Waals surface area contributed by atoms with Crippen molar-refractivity contribution in [2.45, 2.75) is 66.3 Å². The quantitative estimate of drug-likeness (QED) is 0.669. The number of carbonyl (C=O) groups excluding carboxylic acids is 1. The first-order chi connectivity index (χ1) is 12.1. The standard InChI is InChI=1S/C20H34N2O3S/c1-7-9-10-18(8-2)14-21-20(23)17(5)22(26(6,24)25)19-13-15(3)11-12-16(19)4/h11-13,17-18H,7-10,14H2,1-6H3,(H,21,23)/t17-,18-/m0/s1. The highest BCUT2D eigenvalue weighted by atomic mass is 32.2. The van der Waals surface area contributed by atoms with Crippen LogP contribution in [0.1, 0.15) is 57.6 Å². The lowest BCUT2D eigenvalue weighted by Gasteiger charge is -2.30. The molecule has 1 amide bonds. The zero-order valence-electron chi connectivity index (χ0n) is 17.0. The average molecular weight is 383 g/mol. The maximum absolute atomic E-state index is 12.7. The molecule has 0 heterocycles. The molecule has 1 aromatic carbocycles. The Hall–Kier alpha value is -1.56. The van der Waals surface area contributed by atoms with Crippen LogP contribution in [0, 0.1) is 19.8 Å². The van der Waals surface area contributed by atoms with E-state index in [2.05, 4.69) is 19.2 Å². The second-order valence-corrected chi connectivity index (χ2v) is 9.05. The third-order valence-electron chi connectivity index (χ3n) is 4.80. The largest absolute Gasteiger partial charge is 0.354 e. The van der Waals surface area contributed by atoms with Gasteiger partial charge < -0.3 is 5.32 Å². The van der Waals surface area contributed by atoms with E-state index in [1.807, 2.05) is 32.0 Å². The van der Waals surface area contributed by atoms with E-state index in [1.165, 1.54) is 4.31 Å². The van der Waals surface area contributed by atoms with E-state index in [4.69, 9.17) is 0 Å². The van der Waals surface area contributed by atoms with Crippen LogP contribution in [0.25, 0.3) is 0 Å². The van der Waals surface area contributed by atoms with Gasteiger partial charge >= 0.3 is 0 Å². The van der Waals surface area contributed by atoms with Crippen molar-refractivity contribution in [1.82, 2.24) is 5.32 Å². The molecule has 1 aromatic rings. The second-order valence-electron chi connectivity index (χ2n) is 7.19. The van der Waals surface area contributed by atoms with Crippen molar-refractivity contribution in [3.63, 3.8) is 0 Å². The number of nitrogens with zero attached hydrogens (tertiary/aromatic N) is 1. The Labute approximate surface area is 159 Å². The van der Waals surface area contributed by atoms with E-state index in [0.717, 1.165) is 43.1 Å². The summed E-state index contributed by atoms with van der Waals surface area (Å²) in [4.78, 5) is 12.7. The molecule has 26 heavy (non-hydrogen) atoms. The van der Waals surface area contributed by atoms with Gasteiger partial charge in [0.05, 0.1) is 11.9 Å². The van der Waals surface area contributed by atoms with Crippen LogP contribution in [-0.2, 0) is 14.8 Å². The minimum atomic E-state index is -3.59. The highest BCUT2D eigenvalue weighted by Crippen LogP contribution is 2.26. The molecule has 0 saturated heterocycles.